The quantitative estimate of drug-likeness (QED) is 0.631. The van der Waals surface area contributed by atoms with Crippen molar-refractivity contribution in [3.8, 4) is 23.7 Å². The van der Waals surface area contributed by atoms with Crippen LogP contribution in [0.4, 0.5) is 0 Å². The SMILES string of the molecule is C(#CCNCc1ccccn1)/C=C\C#CCNCc1ccccn1. The molecule has 0 unspecified atom stereocenters. The smallest absolute Gasteiger partial charge is 0.0583 e. The first kappa shape index (κ1) is 17.4. The monoisotopic (exact) mass is 316 g/mol. The molecule has 2 aromatic heterocycles. The molecule has 0 radical (unpaired) electrons. The van der Waals surface area contributed by atoms with Crippen LogP contribution in [-0.4, -0.2) is 23.1 Å². The minimum Gasteiger partial charge on any atom is -0.301 e. The van der Waals surface area contributed by atoms with Crippen molar-refractivity contribution in [2.24, 2.45) is 0 Å². The van der Waals surface area contributed by atoms with E-state index in [1.807, 2.05) is 36.4 Å². The zero-order valence-corrected chi connectivity index (χ0v) is 13.5. The molecular weight excluding hydrogens is 296 g/mol. The molecule has 4 nitrogen and oxygen atoms in total. The Labute approximate surface area is 143 Å². The Morgan fingerprint density at radius 1 is 0.750 bits per heavy atom. The maximum atomic E-state index is 4.23. The third-order valence-corrected chi connectivity index (χ3v) is 2.95. The molecule has 0 atom stereocenters. The summed E-state index contributed by atoms with van der Waals surface area (Å²) in [5, 5.41) is 6.43. The van der Waals surface area contributed by atoms with E-state index in [-0.39, 0.29) is 0 Å². The Morgan fingerprint density at radius 2 is 1.25 bits per heavy atom. The van der Waals surface area contributed by atoms with Crippen molar-refractivity contribution in [3.63, 3.8) is 0 Å². The van der Waals surface area contributed by atoms with E-state index >= 15 is 0 Å². The van der Waals surface area contributed by atoms with E-state index in [1.54, 1.807) is 24.5 Å². The van der Waals surface area contributed by atoms with Crippen molar-refractivity contribution in [3.05, 3.63) is 72.3 Å². The van der Waals surface area contributed by atoms with Crippen LogP contribution >= 0.6 is 0 Å². The molecule has 2 heterocycles. The third kappa shape index (κ3) is 7.91. The molecule has 0 aliphatic heterocycles. The van der Waals surface area contributed by atoms with Gasteiger partial charge in [-0.25, -0.2) is 0 Å². The molecular formula is C20H20N4. The van der Waals surface area contributed by atoms with Crippen LogP contribution in [0.2, 0.25) is 0 Å². The predicted molar refractivity (Wildman–Crippen MR) is 96.6 cm³/mol. The summed E-state index contributed by atoms with van der Waals surface area (Å²) < 4.78 is 0. The fourth-order valence-electron chi connectivity index (χ4n) is 1.81. The molecule has 0 saturated heterocycles. The molecule has 0 aromatic carbocycles. The highest BCUT2D eigenvalue weighted by atomic mass is 14.9. The molecule has 0 spiro atoms. The Bertz CT molecular complexity index is 666. The lowest BCUT2D eigenvalue weighted by molar-refractivity contribution is 0.749. The first-order chi connectivity index (χ1) is 11.9. The average molecular weight is 316 g/mol. The summed E-state index contributed by atoms with van der Waals surface area (Å²) in [5.74, 6) is 11.9. The van der Waals surface area contributed by atoms with Crippen molar-refractivity contribution in [1.82, 2.24) is 20.6 Å². The standard InChI is InChI=1S/C20H20N4/c1(3-7-13-21-17-19-11-5-9-15-23-19)2-4-8-14-22-18-20-12-6-10-16-24-20/h1-2,5-6,9-12,15-16,21-22H,13-14,17-18H2/b2-1-. The molecule has 0 amide bonds. The van der Waals surface area contributed by atoms with Crippen LogP contribution in [0.25, 0.3) is 0 Å². The summed E-state index contributed by atoms with van der Waals surface area (Å²) in [6.45, 7) is 2.70. The van der Waals surface area contributed by atoms with Crippen molar-refractivity contribution >= 4 is 0 Å². The number of aromatic nitrogens is 2. The predicted octanol–water partition coefficient (Wildman–Crippen LogP) is 1.92. The van der Waals surface area contributed by atoms with E-state index < -0.39 is 0 Å². The van der Waals surface area contributed by atoms with Crippen molar-refractivity contribution in [1.29, 1.82) is 0 Å². The topological polar surface area (TPSA) is 49.8 Å². The van der Waals surface area contributed by atoms with Crippen LogP contribution in [0.5, 0.6) is 0 Å². The van der Waals surface area contributed by atoms with E-state index in [0.717, 1.165) is 24.5 Å². The highest BCUT2D eigenvalue weighted by Crippen LogP contribution is 1.91. The maximum absolute atomic E-state index is 4.23. The summed E-state index contributed by atoms with van der Waals surface area (Å²) in [6, 6.07) is 11.7. The van der Waals surface area contributed by atoms with Gasteiger partial charge in [0.15, 0.2) is 0 Å². The lowest BCUT2D eigenvalue weighted by Gasteiger charge is -1.98. The maximum Gasteiger partial charge on any atom is 0.0583 e. The van der Waals surface area contributed by atoms with E-state index in [4.69, 9.17) is 0 Å². The number of allylic oxidation sites excluding steroid dienone is 2. The van der Waals surface area contributed by atoms with Crippen molar-refractivity contribution in [2.75, 3.05) is 13.1 Å². The minimum absolute atomic E-state index is 0.625. The van der Waals surface area contributed by atoms with Gasteiger partial charge < -0.3 is 10.6 Å². The molecule has 2 rings (SSSR count). The van der Waals surface area contributed by atoms with Gasteiger partial charge in [-0.1, -0.05) is 35.8 Å². The second-order valence-corrected chi connectivity index (χ2v) is 4.82. The van der Waals surface area contributed by atoms with E-state index in [2.05, 4.69) is 44.3 Å². The third-order valence-electron chi connectivity index (χ3n) is 2.95. The normalized spacial score (nSPS) is 9.83. The summed E-state index contributed by atoms with van der Waals surface area (Å²) in [5.41, 5.74) is 2.03. The number of rotatable bonds is 6. The van der Waals surface area contributed by atoms with Gasteiger partial charge >= 0.3 is 0 Å². The van der Waals surface area contributed by atoms with Crippen molar-refractivity contribution < 1.29 is 0 Å². The van der Waals surface area contributed by atoms with Gasteiger partial charge in [0.1, 0.15) is 0 Å². The second-order valence-electron chi connectivity index (χ2n) is 4.82. The minimum atomic E-state index is 0.625. The number of nitrogens with one attached hydrogen (secondary N) is 2. The van der Waals surface area contributed by atoms with E-state index in [9.17, 15) is 0 Å². The summed E-state index contributed by atoms with van der Waals surface area (Å²) in [7, 11) is 0. The Hall–Kier alpha value is -2.92. The molecule has 0 saturated carbocycles. The zero-order valence-electron chi connectivity index (χ0n) is 13.5. The van der Waals surface area contributed by atoms with Gasteiger partial charge in [0.05, 0.1) is 24.5 Å². The lowest BCUT2D eigenvalue weighted by Crippen LogP contribution is -2.13. The lowest BCUT2D eigenvalue weighted by atomic mass is 10.3. The molecule has 2 aromatic rings. The van der Waals surface area contributed by atoms with Crippen LogP contribution in [0.15, 0.2) is 60.9 Å². The number of hydrogen-bond acceptors (Lipinski definition) is 4. The number of nitrogens with zero attached hydrogens (tertiary/aromatic N) is 2. The largest absolute Gasteiger partial charge is 0.301 e. The highest BCUT2D eigenvalue weighted by molar-refractivity contribution is 5.25. The molecule has 0 aliphatic rings. The molecule has 120 valence electrons. The van der Waals surface area contributed by atoms with Gasteiger partial charge in [-0.3, -0.25) is 9.97 Å². The molecule has 0 aliphatic carbocycles. The molecule has 0 fully saturated rings. The van der Waals surface area contributed by atoms with Crippen LogP contribution in [0.1, 0.15) is 11.4 Å². The molecule has 4 heteroatoms. The summed E-state index contributed by atoms with van der Waals surface area (Å²) in [4.78, 5) is 8.46. The van der Waals surface area contributed by atoms with Gasteiger partial charge in [-0.05, 0) is 36.4 Å². The summed E-state index contributed by atoms with van der Waals surface area (Å²) in [6.07, 6.45) is 7.09. The van der Waals surface area contributed by atoms with Crippen LogP contribution < -0.4 is 10.6 Å². The summed E-state index contributed by atoms with van der Waals surface area (Å²) >= 11 is 0. The number of pyridine rings is 2. The molecule has 2 N–H and O–H groups in total. The Balaban J connectivity index is 1.53. The van der Waals surface area contributed by atoms with Crippen LogP contribution in [0, 0.1) is 23.7 Å². The van der Waals surface area contributed by atoms with Gasteiger partial charge in [0.2, 0.25) is 0 Å². The number of hydrogen-bond donors (Lipinski definition) is 2. The van der Waals surface area contributed by atoms with Gasteiger partial charge in [0, 0.05) is 25.5 Å². The first-order valence-electron chi connectivity index (χ1n) is 7.78. The van der Waals surface area contributed by atoms with E-state index in [1.165, 1.54) is 0 Å². The molecule has 0 bridgehead atoms. The highest BCUT2D eigenvalue weighted by Gasteiger charge is 1.89. The van der Waals surface area contributed by atoms with Gasteiger partial charge in [0.25, 0.3) is 0 Å². The van der Waals surface area contributed by atoms with E-state index in [0.29, 0.717) is 13.1 Å². The Kier molecular flexibility index (Phi) is 8.44. The second kappa shape index (κ2) is 11.6. The average Bonchev–Trinajstić information content (AvgIpc) is 2.64. The zero-order chi connectivity index (χ0) is 16.7. The first-order valence-corrected chi connectivity index (χ1v) is 7.78. The Morgan fingerprint density at radius 3 is 1.67 bits per heavy atom. The molecule has 24 heavy (non-hydrogen) atoms. The van der Waals surface area contributed by atoms with Crippen LogP contribution in [-0.2, 0) is 13.1 Å². The van der Waals surface area contributed by atoms with Gasteiger partial charge in [-0.15, -0.1) is 0 Å². The fourth-order valence-corrected chi connectivity index (χ4v) is 1.81. The fraction of sp³-hybridized carbons (Fsp3) is 0.200. The van der Waals surface area contributed by atoms with Crippen LogP contribution in [0.3, 0.4) is 0 Å². The van der Waals surface area contributed by atoms with Gasteiger partial charge in [-0.2, -0.15) is 0 Å². The van der Waals surface area contributed by atoms with Crippen molar-refractivity contribution in [2.45, 2.75) is 13.1 Å².